The predicted molar refractivity (Wildman–Crippen MR) is 119 cm³/mol. The van der Waals surface area contributed by atoms with Crippen LogP contribution in [0.25, 0.3) is 11.3 Å². The van der Waals surface area contributed by atoms with Gasteiger partial charge >= 0.3 is 0 Å². The Labute approximate surface area is 181 Å². The van der Waals surface area contributed by atoms with Gasteiger partial charge in [-0.25, -0.2) is 9.97 Å². The molecule has 0 spiro atoms. The van der Waals surface area contributed by atoms with Crippen LogP contribution < -0.4 is 5.32 Å². The van der Waals surface area contributed by atoms with Crippen molar-refractivity contribution in [2.24, 2.45) is 5.92 Å². The maximum absolute atomic E-state index is 6.47. The molecule has 6 heteroatoms. The molecule has 2 aromatic heterocycles. The molecule has 0 unspecified atom stereocenters. The highest BCUT2D eigenvalue weighted by Gasteiger charge is 2.30. The Kier molecular flexibility index (Phi) is 5.84. The Morgan fingerprint density at radius 1 is 1.10 bits per heavy atom. The number of halogens is 2. The fourth-order valence-electron chi connectivity index (χ4n) is 4.04. The van der Waals surface area contributed by atoms with E-state index in [1.807, 2.05) is 12.1 Å². The number of aromatic nitrogens is 2. The smallest absolute Gasteiger partial charge is 0.148 e. The SMILES string of the molecule is CCc1nc(-c2ccc(Cl)cc2Cl)c(CC)nc1N[C@H]1c2ccoc2CC[C@@H]1C. The third-order valence-corrected chi connectivity index (χ3v) is 6.25. The van der Waals surface area contributed by atoms with Crippen LogP contribution in [0.1, 0.15) is 55.9 Å². The number of anilines is 1. The van der Waals surface area contributed by atoms with Gasteiger partial charge in [-0.3, -0.25) is 0 Å². The lowest BCUT2D eigenvalue weighted by Crippen LogP contribution is -2.25. The summed E-state index contributed by atoms with van der Waals surface area (Å²) in [5.41, 5.74) is 4.79. The summed E-state index contributed by atoms with van der Waals surface area (Å²) in [4.78, 5) is 9.97. The number of nitrogens with zero attached hydrogens (tertiary/aromatic N) is 2. The van der Waals surface area contributed by atoms with E-state index in [9.17, 15) is 0 Å². The van der Waals surface area contributed by atoms with Gasteiger partial charge in [0.15, 0.2) is 0 Å². The zero-order valence-electron chi connectivity index (χ0n) is 16.9. The molecule has 0 saturated carbocycles. The number of rotatable bonds is 5. The second-order valence-electron chi connectivity index (χ2n) is 7.58. The highest BCUT2D eigenvalue weighted by atomic mass is 35.5. The van der Waals surface area contributed by atoms with Gasteiger partial charge in [-0.15, -0.1) is 0 Å². The number of nitrogens with one attached hydrogen (secondary N) is 1. The van der Waals surface area contributed by atoms with Crippen LogP contribution in [0.5, 0.6) is 0 Å². The number of benzene rings is 1. The fourth-order valence-corrected chi connectivity index (χ4v) is 4.54. The van der Waals surface area contributed by atoms with Crippen LogP contribution in [0, 0.1) is 5.92 Å². The van der Waals surface area contributed by atoms with E-state index in [4.69, 9.17) is 37.6 Å². The topological polar surface area (TPSA) is 51.0 Å². The van der Waals surface area contributed by atoms with Crippen LogP contribution in [0.4, 0.5) is 5.82 Å². The maximum atomic E-state index is 6.47. The average molecular weight is 430 g/mol. The molecule has 2 heterocycles. The van der Waals surface area contributed by atoms with Crippen LogP contribution in [0.3, 0.4) is 0 Å². The molecule has 1 N–H and O–H groups in total. The van der Waals surface area contributed by atoms with E-state index in [0.29, 0.717) is 16.0 Å². The molecular formula is C23H25Cl2N3O. The first-order valence-corrected chi connectivity index (χ1v) is 10.9. The summed E-state index contributed by atoms with van der Waals surface area (Å²) in [6.45, 7) is 6.46. The lowest BCUT2D eigenvalue weighted by molar-refractivity contribution is 0.386. The van der Waals surface area contributed by atoms with Gasteiger partial charge in [0.25, 0.3) is 0 Å². The summed E-state index contributed by atoms with van der Waals surface area (Å²) >= 11 is 12.5. The summed E-state index contributed by atoms with van der Waals surface area (Å²) < 4.78 is 5.67. The molecule has 1 aliphatic rings. The van der Waals surface area contributed by atoms with E-state index in [-0.39, 0.29) is 6.04 Å². The van der Waals surface area contributed by atoms with Gasteiger partial charge < -0.3 is 9.73 Å². The first-order valence-electron chi connectivity index (χ1n) is 10.2. The van der Waals surface area contributed by atoms with Crippen LogP contribution in [0.2, 0.25) is 10.0 Å². The standard InChI is InChI=1S/C23H25Cl2N3O/c1-4-18-22(15-8-7-14(24)12-17(15)25)26-19(5-2)23(27-18)28-21-13(3)6-9-20-16(21)10-11-29-20/h7-8,10-13,21H,4-6,9H2,1-3H3,(H,27,28)/t13-,21+/m0/s1. The monoisotopic (exact) mass is 429 g/mol. The first kappa shape index (κ1) is 20.2. The van der Waals surface area contributed by atoms with Crippen molar-refractivity contribution in [3.05, 3.63) is 63.3 Å². The van der Waals surface area contributed by atoms with E-state index in [0.717, 1.165) is 59.9 Å². The zero-order chi connectivity index (χ0) is 20.5. The number of furan rings is 1. The minimum atomic E-state index is 0.173. The molecule has 4 rings (SSSR count). The molecule has 3 aromatic rings. The number of hydrogen-bond acceptors (Lipinski definition) is 4. The van der Waals surface area contributed by atoms with Crippen LogP contribution in [0.15, 0.2) is 34.9 Å². The van der Waals surface area contributed by atoms with Gasteiger partial charge in [0.05, 0.1) is 34.4 Å². The van der Waals surface area contributed by atoms with Gasteiger partial charge in [-0.05, 0) is 49.4 Å². The third-order valence-electron chi connectivity index (χ3n) is 5.70. The van der Waals surface area contributed by atoms with Crippen molar-refractivity contribution in [2.45, 2.75) is 52.5 Å². The van der Waals surface area contributed by atoms with Crippen molar-refractivity contribution in [3.63, 3.8) is 0 Å². The Morgan fingerprint density at radius 3 is 2.62 bits per heavy atom. The van der Waals surface area contributed by atoms with Gasteiger partial charge in [-0.1, -0.05) is 44.0 Å². The minimum Gasteiger partial charge on any atom is -0.469 e. The van der Waals surface area contributed by atoms with E-state index in [1.54, 1.807) is 12.3 Å². The summed E-state index contributed by atoms with van der Waals surface area (Å²) in [6.07, 6.45) is 5.40. The third kappa shape index (κ3) is 3.88. The van der Waals surface area contributed by atoms with Crippen molar-refractivity contribution < 1.29 is 4.42 Å². The normalized spacial score (nSPS) is 18.5. The van der Waals surface area contributed by atoms with Gasteiger partial charge in [-0.2, -0.15) is 0 Å². The van der Waals surface area contributed by atoms with E-state index in [1.165, 1.54) is 5.56 Å². The molecule has 29 heavy (non-hydrogen) atoms. The molecule has 4 nitrogen and oxygen atoms in total. The Hall–Kier alpha value is -2.04. The fraction of sp³-hybridized carbons (Fsp3) is 0.391. The molecule has 0 radical (unpaired) electrons. The molecule has 152 valence electrons. The molecule has 1 aromatic carbocycles. The van der Waals surface area contributed by atoms with Gasteiger partial charge in [0.1, 0.15) is 11.6 Å². The molecule has 0 fully saturated rings. The van der Waals surface area contributed by atoms with E-state index >= 15 is 0 Å². The van der Waals surface area contributed by atoms with Crippen molar-refractivity contribution >= 4 is 29.0 Å². The molecule has 0 aliphatic heterocycles. The number of fused-ring (bicyclic) bond motifs is 1. The average Bonchev–Trinajstić information content (AvgIpc) is 3.19. The van der Waals surface area contributed by atoms with Crippen molar-refractivity contribution in [2.75, 3.05) is 5.32 Å². The quantitative estimate of drug-likeness (QED) is 0.478. The first-order chi connectivity index (χ1) is 14.0. The lowest BCUT2D eigenvalue weighted by Gasteiger charge is -2.30. The Balaban J connectivity index is 1.76. The highest BCUT2D eigenvalue weighted by Crippen LogP contribution is 2.38. The molecule has 2 atom stereocenters. The van der Waals surface area contributed by atoms with Crippen molar-refractivity contribution in [1.29, 1.82) is 0 Å². The van der Waals surface area contributed by atoms with Crippen LogP contribution in [-0.2, 0) is 19.3 Å². The van der Waals surface area contributed by atoms with Crippen molar-refractivity contribution in [3.8, 4) is 11.3 Å². The van der Waals surface area contributed by atoms with E-state index in [2.05, 4.69) is 32.2 Å². The van der Waals surface area contributed by atoms with Crippen molar-refractivity contribution in [1.82, 2.24) is 9.97 Å². The largest absolute Gasteiger partial charge is 0.469 e. The summed E-state index contributed by atoms with van der Waals surface area (Å²) in [5.74, 6) is 2.41. The number of aryl methyl sites for hydroxylation is 3. The summed E-state index contributed by atoms with van der Waals surface area (Å²) in [5, 5.41) is 4.88. The molecular weight excluding hydrogens is 405 g/mol. The summed E-state index contributed by atoms with van der Waals surface area (Å²) in [7, 11) is 0. The molecule has 1 aliphatic carbocycles. The Bertz CT molecular complexity index is 1030. The zero-order valence-corrected chi connectivity index (χ0v) is 18.4. The molecule has 0 bridgehead atoms. The minimum absolute atomic E-state index is 0.173. The van der Waals surface area contributed by atoms with Gasteiger partial charge in [0, 0.05) is 22.6 Å². The maximum Gasteiger partial charge on any atom is 0.148 e. The molecule has 0 amide bonds. The Morgan fingerprint density at radius 2 is 1.90 bits per heavy atom. The van der Waals surface area contributed by atoms with Gasteiger partial charge in [0.2, 0.25) is 0 Å². The summed E-state index contributed by atoms with van der Waals surface area (Å²) in [6, 6.07) is 7.76. The second kappa shape index (κ2) is 8.37. The highest BCUT2D eigenvalue weighted by molar-refractivity contribution is 6.36. The number of hydrogen-bond donors (Lipinski definition) is 1. The van der Waals surface area contributed by atoms with Crippen LogP contribution >= 0.6 is 23.2 Å². The molecule has 0 saturated heterocycles. The predicted octanol–water partition coefficient (Wildman–Crippen LogP) is 6.90. The van der Waals surface area contributed by atoms with Crippen LogP contribution in [-0.4, -0.2) is 9.97 Å². The van der Waals surface area contributed by atoms with E-state index < -0.39 is 0 Å². The lowest BCUT2D eigenvalue weighted by atomic mass is 9.84. The second-order valence-corrected chi connectivity index (χ2v) is 8.43.